The molecule has 0 amide bonds. The van der Waals surface area contributed by atoms with E-state index in [1.54, 1.807) is 0 Å². The van der Waals surface area contributed by atoms with Crippen molar-refractivity contribution in [2.24, 2.45) is 5.92 Å². The van der Waals surface area contributed by atoms with Gasteiger partial charge in [0.1, 0.15) is 11.6 Å². The number of rotatable bonds is 8. The van der Waals surface area contributed by atoms with Gasteiger partial charge in [0.05, 0.1) is 11.7 Å². The first kappa shape index (κ1) is 26.1. The Kier molecular flexibility index (Phi) is 7.84. The fourth-order valence-corrected chi connectivity index (χ4v) is 5.73. The Balaban J connectivity index is 1.60. The van der Waals surface area contributed by atoms with Gasteiger partial charge in [-0.3, -0.25) is 0 Å². The predicted molar refractivity (Wildman–Crippen MR) is 125 cm³/mol. The molecule has 192 valence electrons. The summed E-state index contributed by atoms with van der Waals surface area (Å²) in [6.45, 7) is 5.53. The lowest BCUT2D eigenvalue weighted by Gasteiger charge is -2.36. The van der Waals surface area contributed by atoms with Crippen molar-refractivity contribution < 1.29 is 31.1 Å². The van der Waals surface area contributed by atoms with Crippen molar-refractivity contribution in [1.29, 1.82) is 0 Å². The summed E-state index contributed by atoms with van der Waals surface area (Å²) in [4.78, 5) is 0. The summed E-state index contributed by atoms with van der Waals surface area (Å²) in [6, 6.07) is 2.93. The summed E-state index contributed by atoms with van der Waals surface area (Å²) < 4.78 is 95.8. The predicted octanol–water partition coefficient (Wildman–Crippen LogP) is 9.05. The maximum atomic E-state index is 15.4. The van der Waals surface area contributed by atoms with Crippen molar-refractivity contribution in [3.8, 4) is 0 Å². The highest BCUT2D eigenvalue weighted by Gasteiger charge is 2.48. The van der Waals surface area contributed by atoms with Gasteiger partial charge in [0.2, 0.25) is 0 Å². The van der Waals surface area contributed by atoms with Crippen LogP contribution in [0.5, 0.6) is 0 Å². The molecule has 2 atom stereocenters. The van der Waals surface area contributed by atoms with E-state index in [4.69, 9.17) is 4.74 Å². The Morgan fingerprint density at radius 3 is 2.43 bits per heavy atom. The Morgan fingerprint density at radius 2 is 1.77 bits per heavy atom. The zero-order chi connectivity index (χ0) is 25.3. The Labute approximate surface area is 202 Å². The number of fused-ring (bicyclic) bond motifs is 2. The van der Waals surface area contributed by atoms with Crippen LogP contribution >= 0.6 is 0 Å². The number of hydrogen-bond acceptors (Lipinski definition) is 1. The molecule has 1 aromatic rings. The molecule has 1 nitrogen and oxygen atoms in total. The van der Waals surface area contributed by atoms with Gasteiger partial charge in [-0.1, -0.05) is 31.6 Å². The van der Waals surface area contributed by atoms with Crippen LogP contribution < -0.4 is 0 Å². The number of alkyl halides is 4. The fourth-order valence-electron chi connectivity index (χ4n) is 5.73. The van der Waals surface area contributed by atoms with Gasteiger partial charge in [0.25, 0.3) is 0 Å². The average molecular weight is 499 g/mol. The molecular formula is C28H32F6O. The molecule has 35 heavy (non-hydrogen) atoms. The molecule has 0 saturated heterocycles. The molecule has 7 heteroatoms. The fraction of sp³-hybridized carbons (Fsp3) is 0.571. The lowest BCUT2D eigenvalue weighted by molar-refractivity contribution is -0.244. The molecule has 0 bridgehead atoms. The Bertz CT molecular complexity index is 1020. The second-order valence-corrected chi connectivity index (χ2v) is 9.88. The summed E-state index contributed by atoms with van der Waals surface area (Å²) in [7, 11) is 0. The highest BCUT2D eigenvalue weighted by atomic mass is 19.3. The quantitative estimate of drug-likeness (QED) is 0.257. The van der Waals surface area contributed by atoms with Crippen molar-refractivity contribution in [3.05, 3.63) is 64.3 Å². The third kappa shape index (κ3) is 4.98. The van der Waals surface area contributed by atoms with E-state index in [1.165, 1.54) is 12.1 Å². The van der Waals surface area contributed by atoms with Crippen LogP contribution in [0.4, 0.5) is 26.3 Å². The SMILES string of the molecule is C=CCCC1CCC(OC(F)(F)C2=C(F)C3=C(CC2)c2ccc(CCC)c(F)c2C(F)C3F)CC1. The van der Waals surface area contributed by atoms with E-state index < -0.39 is 59.3 Å². The molecule has 1 saturated carbocycles. The zero-order valence-electron chi connectivity index (χ0n) is 20.0. The molecule has 0 heterocycles. The van der Waals surface area contributed by atoms with Crippen LogP contribution in [0.15, 0.2) is 41.8 Å². The van der Waals surface area contributed by atoms with Crippen LogP contribution in [-0.4, -0.2) is 18.4 Å². The molecule has 0 aromatic heterocycles. The lowest BCUT2D eigenvalue weighted by Crippen LogP contribution is -2.35. The second kappa shape index (κ2) is 10.5. The molecule has 4 rings (SSSR count). The molecule has 1 fully saturated rings. The first-order valence-corrected chi connectivity index (χ1v) is 12.6. The first-order valence-electron chi connectivity index (χ1n) is 12.6. The molecule has 0 spiro atoms. The van der Waals surface area contributed by atoms with Gasteiger partial charge >= 0.3 is 6.11 Å². The van der Waals surface area contributed by atoms with E-state index in [2.05, 4.69) is 6.58 Å². The highest BCUT2D eigenvalue weighted by Crippen LogP contribution is 2.52. The summed E-state index contributed by atoms with van der Waals surface area (Å²) in [5.74, 6) is -1.87. The Hall–Kier alpha value is -2.02. The summed E-state index contributed by atoms with van der Waals surface area (Å²) in [5.41, 5.74) is -1.73. The minimum absolute atomic E-state index is 0.0584. The van der Waals surface area contributed by atoms with Crippen LogP contribution in [-0.2, 0) is 11.2 Å². The summed E-state index contributed by atoms with van der Waals surface area (Å²) in [6.07, 6.45) is -3.25. The van der Waals surface area contributed by atoms with E-state index in [0.29, 0.717) is 31.6 Å². The van der Waals surface area contributed by atoms with E-state index >= 15 is 22.0 Å². The number of allylic oxidation sites excluding steroid dienone is 4. The molecule has 1 aromatic carbocycles. The largest absolute Gasteiger partial charge is 0.382 e. The van der Waals surface area contributed by atoms with Crippen molar-refractivity contribution in [1.82, 2.24) is 0 Å². The topological polar surface area (TPSA) is 9.23 Å². The van der Waals surface area contributed by atoms with Gasteiger partial charge in [-0.05, 0) is 80.4 Å². The van der Waals surface area contributed by atoms with Crippen LogP contribution in [0.1, 0.15) is 87.6 Å². The monoisotopic (exact) mass is 498 g/mol. The highest BCUT2D eigenvalue weighted by molar-refractivity contribution is 5.80. The van der Waals surface area contributed by atoms with Crippen molar-refractivity contribution in [2.45, 2.75) is 95.7 Å². The minimum atomic E-state index is -3.93. The molecular weight excluding hydrogens is 466 g/mol. The van der Waals surface area contributed by atoms with Gasteiger partial charge < -0.3 is 4.74 Å². The van der Waals surface area contributed by atoms with Gasteiger partial charge in [-0.25, -0.2) is 17.6 Å². The van der Waals surface area contributed by atoms with Crippen molar-refractivity contribution >= 4 is 5.57 Å². The number of hydrogen-bond donors (Lipinski definition) is 0. The average Bonchev–Trinajstić information content (AvgIpc) is 2.83. The van der Waals surface area contributed by atoms with Gasteiger partial charge in [-0.15, -0.1) is 6.58 Å². The van der Waals surface area contributed by atoms with E-state index in [-0.39, 0.29) is 23.1 Å². The molecule has 0 aliphatic heterocycles. The van der Waals surface area contributed by atoms with Crippen LogP contribution in [0, 0.1) is 11.7 Å². The Morgan fingerprint density at radius 1 is 1.06 bits per heavy atom. The maximum Gasteiger partial charge on any atom is 0.382 e. The molecule has 3 aliphatic carbocycles. The van der Waals surface area contributed by atoms with Gasteiger partial charge in [0, 0.05) is 11.1 Å². The van der Waals surface area contributed by atoms with E-state index in [0.717, 1.165) is 25.7 Å². The number of ether oxygens (including phenoxy) is 1. The molecule has 3 aliphatic rings. The number of halogens is 6. The van der Waals surface area contributed by atoms with Crippen molar-refractivity contribution in [3.63, 3.8) is 0 Å². The minimum Gasteiger partial charge on any atom is -0.313 e. The third-order valence-electron chi connectivity index (χ3n) is 7.60. The number of aryl methyl sites for hydroxylation is 1. The van der Waals surface area contributed by atoms with Crippen molar-refractivity contribution in [2.75, 3.05) is 0 Å². The standard InChI is InChI=1S/C28H32F6O/c1-3-5-7-16-8-11-18(12-9-16)35-28(33,34)21-15-14-20-19-13-10-17(6-4-2)24(29)22(19)26(31)27(32)23(20)25(21)30/h3,10,13,16,18,26-27H,1,4-9,11-12,14-15H2,2H3. The second-order valence-electron chi connectivity index (χ2n) is 9.88. The lowest BCUT2D eigenvalue weighted by atomic mass is 9.76. The van der Waals surface area contributed by atoms with Gasteiger partial charge in [-0.2, -0.15) is 8.78 Å². The third-order valence-corrected chi connectivity index (χ3v) is 7.60. The summed E-state index contributed by atoms with van der Waals surface area (Å²) in [5, 5.41) is 0. The molecule has 2 unspecified atom stereocenters. The molecule has 0 radical (unpaired) electrons. The summed E-state index contributed by atoms with van der Waals surface area (Å²) >= 11 is 0. The molecule has 0 N–H and O–H groups in total. The maximum absolute atomic E-state index is 15.4. The normalized spacial score (nSPS) is 27.1. The van der Waals surface area contributed by atoms with Crippen LogP contribution in [0.2, 0.25) is 0 Å². The first-order chi connectivity index (χ1) is 16.7. The smallest absolute Gasteiger partial charge is 0.313 e. The van der Waals surface area contributed by atoms with E-state index in [1.807, 2.05) is 13.0 Å². The van der Waals surface area contributed by atoms with E-state index in [9.17, 15) is 4.39 Å². The number of benzene rings is 1. The van der Waals surface area contributed by atoms with Crippen LogP contribution in [0.3, 0.4) is 0 Å². The zero-order valence-corrected chi connectivity index (χ0v) is 20.0. The van der Waals surface area contributed by atoms with Crippen LogP contribution in [0.25, 0.3) is 5.57 Å². The van der Waals surface area contributed by atoms with Gasteiger partial charge in [0.15, 0.2) is 12.3 Å².